The van der Waals surface area contributed by atoms with Gasteiger partial charge in [0.1, 0.15) is 5.82 Å². The summed E-state index contributed by atoms with van der Waals surface area (Å²) in [5.41, 5.74) is 9.95. The van der Waals surface area contributed by atoms with E-state index in [9.17, 15) is 4.39 Å². The number of fused-ring (bicyclic) bond motifs is 3. The molecule has 4 unspecified atom stereocenters. The maximum atomic E-state index is 13.9. The zero-order valence-corrected chi connectivity index (χ0v) is 11.3. The van der Waals surface area contributed by atoms with E-state index in [0.717, 1.165) is 6.42 Å². The van der Waals surface area contributed by atoms with E-state index in [4.69, 9.17) is 5.73 Å². The molecule has 0 saturated heterocycles. The van der Waals surface area contributed by atoms with Crippen LogP contribution in [0.25, 0.3) is 0 Å². The first kappa shape index (κ1) is 12.1. The fraction of sp³-hybridized carbons (Fsp3) is 0.333. The Balaban J connectivity index is 1.66. The Bertz CT molecular complexity index is 651. The van der Waals surface area contributed by atoms with E-state index in [2.05, 4.69) is 24.3 Å². The number of hydrogen-bond donors (Lipinski definition) is 1. The SMILES string of the molecule is NC(c1ccccc1F)C1C2CCc3ccccc3C21. The molecule has 1 nitrogen and oxygen atoms in total. The van der Waals surface area contributed by atoms with E-state index in [0.29, 0.717) is 23.3 Å². The second-order valence-electron chi connectivity index (χ2n) is 6.05. The van der Waals surface area contributed by atoms with Gasteiger partial charge in [-0.1, -0.05) is 42.5 Å². The predicted molar refractivity (Wildman–Crippen MR) is 77.8 cm³/mol. The van der Waals surface area contributed by atoms with E-state index < -0.39 is 0 Å². The zero-order chi connectivity index (χ0) is 13.7. The highest BCUT2D eigenvalue weighted by molar-refractivity contribution is 5.41. The van der Waals surface area contributed by atoms with Crippen molar-refractivity contribution in [1.82, 2.24) is 0 Å². The number of aryl methyl sites for hydroxylation is 1. The van der Waals surface area contributed by atoms with Crippen molar-refractivity contribution in [3.05, 3.63) is 71.0 Å². The van der Waals surface area contributed by atoms with E-state index in [1.807, 2.05) is 12.1 Å². The average molecular weight is 267 g/mol. The Morgan fingerprint density at radius 3 is 2.65 bits per heavy atom. The van der Waals surface area contributed by atoms with Crippen molar-refractivity contribution in [2.45, 2.75) is 24.8 Å². The first-order chi connectivity index (χ1) is 9.77. The largest absolute Gasteiger partial charge is 0.324 e. The lowest BCUT2D eigenvalue weighted by molar-refractivity contribution is 0.519. The molecule has 2 aromatic rings. The first-order valence-corrected chi connectivity index (χ1v) is 7.35. The van der Waals surface area contributed by atoms with Gasteiger partial charge in [-0.25, -0.2) is 4.39 Å². The van der Waals surface area contributed by atoms with Crippen molar-refractivity contribution in [3.63, 3.8) is 0 Å². The molecule has 2 N–H and O–H groups in total. The Morgan fingerprint density at radius 1 is 1.05 bits per heavy atom. The normalized spacial score (nSPS) is 28.4. The monoisotopic (exact) mass is 267 g/mol. The minimum Gasteiger partial charge on any atom is -0.324 e. The van der Waals surface area contributed by atoms with Crippen LogP contribution in [-0.4, -0.2) is 0 Å². The van der Waals surface area contributed by atoms with Crippen LogP contribution in [0.2, 0.25) is 0 Å². The number of benzene rings is 2. The molecule has 0 radical (unpaired) electrons. The van der Waals surface area contributed by atoms with Gasteiger partial charge in [-0.15, -0.1) is 0 Å². The summed E-state index contributed by atoms with van der Waals surface area (Å²) in [5, 5.41) is 0. The summed E-state index contributed by atoms with van der Waals surface area (Å²) in [6.07, 6.45) is 2.33. The van der Waals surface area contributed by atoms with Crippen LogP contribution in [0.4, 0.5) is 4.39 Å². The highest BCUT2D eigenvalue weighted by atomic mass is 19.1. The summed E-state index contributed by atoms with van der Waals surface area (Å²) in [6.45, 7) is 0. The Kier molecular flexibility index (Phi) is 2.67. The standard InChI is InChI=1S/C18H18FN/c19-15-8-4-3-7-13(15)18(20)17-14-10-9-11-5-1-2-6-12(11)16(14)17/h1-8,14,16-18H,9-10,20H2. The first-order valence-electron chi connectivity index (χ1n) is 7.35. The van der Waals surface area contributed by atoms with Crippen LogP contribution in [-0.2, 0) is 6.42 Å². The topological polar surface area (TPSA) is 26.0 Å². The Hall–Kier alpha value is -1.67. The van der Waals surface area contributed by atoms with Crippen LogP contribution >= 0.6 is 0 Å². The second-order valence-corrected chi connectivity index (χ2v) is 6.05. The molecule has 4 atom stereocenters. The molecule has 2 aromatic carbocycles. The number of nitrogens with two attached hydrogens (primary N) is 1. The quantitative estimate of drug-likeness (QED) is 0.880. The van der Waals surface area contributed by atoms with Crippen molar-refractivity contribution < 1.29 is 4.39 Å². The summed E-state index contributed by atoms with van der Waals surface area (Å²) >= 11 is 0. The molecule has 2 aliphatic carbocycles. The minimum atomic E-state index is -0.183. The van der Waals surface area contributed by atoms with Crippen molar-refractivity contribution in [3.8, 4) is 0 Å². The smallest absolute Gasteiger partial charge is 0.127 e. The molecular formula is C18H18FN. The van der Waals surface area contributed by atoms with Crippen molar-refractivity contribution >= 4 is 0 Å². The van der Waals surface area contributed by atoms with Gasteiger partial charge < -0.3 is 5.73 Å². The Labute approximate surface area is 118 Å². The predicted octanol–water partition coefficient (Wildman–Crippen LogP) is 3.80. The molecule has 102 valence electrons. The van der Waals surface area contributed by atoms with Crippen LogP contribution in [0.3, 0.4) is 0 Å². The molecule has 0 spiro atoms. The third-order valence-corrected chi connectivity index (χ3v) is 5.07. The lowest BCUT2D eigenvalue weighted by Gasteiger charge is -2.14. The van der Waals surface area contributed by atoms with Gasteiger partial charge in [0.2, 0.25) is 0 Å². The van der Waals surface area contributed by atoms with E-state index in [1.54, 1.807) is 6.07 Å². The molecule has 1 saturated carbocycles. The Morgan fingerprint density at radius 2 is 1.80 bits per heavy atom. The summed E-state index contributed by atoms with van der Waals surface area (Å²) in [6, 6.07) is 15.4. The fourth-order valence-electron chi connectivity index (χ4n) is 4.06. The number of halogens is 1. The number of rotatable bonds is 2. The third kappa shape index (κ3) is 1.71. The summed E-state index contributed by atoms with van der Waals surface area (Å²) in [4.78, 5) is 0. The molecule has 20 heavy (non-hydrogen) atoms. The van der Waals surface area contributed by atoms with E-state index in [-0.39, 0.29) is 11.9 Å². The van der Waals surface area contributed by atoms with Gasteiger partial charge in [-0.05, 0) is 47.8 Å². The van der Waals surface area contributed by atoms with Crippen LogP contribution in [0.5, 0.6) is 0 Å². The molecular weight excluding hydrogens is 249 g/mol. The van der Waals surface area contributed by atoms with Gasteiger partial charge in [-0.2, -0.15) is 0 Å². The molecule has 1 fully saturated rings. The average Bonchev–Trinajstić information content (AvgIpc) is 3.22. The lowest BCUT2D eigenvalue weighted by Crippen LogP contribution is -2.15. The van der Waals surface area contributed by atoms with Crippen molar-refractivity contribution in [1.29, 1.82) is 0 Å². The van der Waals surface area contributed by atoms with Gasteiger partial charge in [0.25, 0.3) is 0 Å². The van der Waals surface area contributed by atoms with E-state index in [1.165, 1.54) is 23.6 Å². The highest BCUT2D eigenvalue weighted by Gasteiger charge is 2.55. The van der Waals surface area contributed by atoms with Crippen LogP contribution < -0.4 is 5.73 Å². The van der Waals surface area contributed by atoms with Gasteiger partial charge >= 0.3 is 0 Å². The maximum Gasteiger partial charge on any atom is 0.127 e. The lowest BCUT2D eigenvalue weighted by atomic mass is 9.92. The molecule has 4 rings (SSSR count). The third-order valence-electron chi connectivity index (χ3n) is 5.07. The maximum absolute atomic E-state index is 13.9. The molecule has 0 amide bonds. The molecule has 2 heteroatoms. The summed E-state index contributed by atoms with van der Waals surface area (Å²) in [7, 11) is 0. The van der Waals surface area contributed by atoms with Gasteiger partial charge in [-0.3, -0.25) is 0 Å². The highest BCUT2D eigenvalue weighted by Crippen LogP contribution is 2.63. The molecule has 2 aliphatic rings. The van der Waals surface area contributed by atoms with Gasteiger partial charge in [0.05, 0.1) is 0 Å². The molecule has 0 aromatic heterocycles. The molecule has 0 aliphatic heterocycles. The molecule has 0 bridgehead atoms. The van der Waals surface area contributed by atoms with Crippen LogP contribution in [0.15, 0.2) is 48.5 Å². The van der Waals surface area contributed by atoms with Crippen molar-refractivity contribution in [2.75, 3.05) is 0 Å². The van der Waals surface area contributed by atoms with Crippen LogP contribution in [0.1, 0.15) is 35.1 Å². The van der Waals surface area contributed by atoms with Gasteiger partial charge in [0, 0.05) is 11.6 Å². The summed E-state index contributed by atoms with van der Waals surface area (Å²) in [5.74, 6) is 1.40. The van der Waals surface area contributed by atoms with Crippen molar-refractivity contribution in [2.24, 2.45) is 17.6 Å². The molecule has 0 heterocycles. The number of hydrogen-bond acceptors (Lipinski definition) is 1. The second kappa shape index (κ2) is 4.42. The summed E-state index contributed by atoms with van der Waals surface area (Å²) < 4.78 is 13.9. The van der Waals surface area contributed by atoms with Gasteiger partial charge in [0.15, 0.2) is 0 Å². The zero-order valence-electron chi connectivity index (χ0n) is 11.3. The fourth-order valence-corrected chi connectivity index (χ4v) is 4.06. The minimum absolute atomic E-state index is 0.170. The van der Waals surface area contributed by atoms with E-state index >= 15 is 0 Å². The van der Waals surface area contributed by atoms with Crippen LogP contribution in [0, 0.1) is 17.7 Å².